The number of halogens is 2. The third kappa shape index (κ3) is 4.71. The van der Waals surface area contributed by atoms with Crippen molar-refractivity contribution in [1.82, 2.24) is 9.97 Å². The molecule has 0 bridgehead atoms. The quantitative estimate of drug-likeness (QED) is 0.423. The molecule has 134 valence electrons. The van der Waals surface area contributed by atoms with E-state index in [1.807, 2.05) is 0 Å². The van der Waals surface area contributed by atoms with E-state index in [4.69, 9.17) is 0 Å². The maximum atomic E-state index is 12.2. The van der Waals surface area contributed by atoms with Gasteiger partial charge in [0.2, 0.25) is 5.91 Å². The van der Waals surface area contributed by atoms with Gasteiger partial charge >= 0.3 is 0 Å². The molecule has 7 nitrogen and oxygen atoms in total. The van der Waals surface area contributed by atoms with Gasteiger partial charge < -0.3 is 15.4 Å². The highest BCUT2D eigenvalue weighted by Gasteiger charge is 2.14. The van der Waals surface area contributed by atoms with Crippen LogP contribution >= 0.6 is 43.2 Å². The third-order valence-electron chi connectivity index (χ3n) is 3.21. The van der Waals surface area contributed by atoms with Crippen LogP contribution in [-0.2, 0) is 11.2 Å². The zero-order chi connectivity index (χ0) is 18.7. The van der Waals surface area contributed by atoms with Crippen LogP contribution in [0.1, 0.15) is 16.2 Å². The Labute approximate surface area is 169 Å². The van der Waals surface area contributed by atoms with Crippen molar-refractivity contribution in [3.63, 3.8) is 0 Å². The van der Waals surface area contributed by atoms with Crippen LogP contribution in [0, 0.1) is 0 Å². The van der Waals surface area contributed by atoms with E-state index in [1.54, 1.807) is 23.6 Å². The van der Waals surface area contributed by atoms with Gasteiger partial charge in [-0.25, -0.2) is 4.98 Å². The smallest absolute Gasteiger partial charge is 0.273 e. The molecule has 0 saturated heterocycles. The number of hydrogen-bond donors (Lipinski definition) is 4. The maximum Gasteiger partial charge on any atom is 0.273 e. The molecule has 0 aliphatic rings. The number of rotatable bonds is 5. The molecule has 0 radical (unpaired) electrons. The van der Waals surface area contributed by atoms with Crippen molar-refractivity contribution < 1.29 is 14.7 Å². The zero-order valence-electron chi connectivity index (χ0n) is 13.0. The number of phenols is 1. The van der Waals surface area contributed by atoms with E-state index in [1.165, 1.54) is 23.5 Å². The lowest BCUT2D eigenvalue weighted by Gasteiger charge is -2.04. The Bertz CT molecular complexity index is 951. The van der Waals surface area contributed by atoms with Gasteiger partial charge in [-0.15, -0.1) is 11.3 Å². The normalized spacial score (nSPS) is 10.5. The first kappa shape index (κ1) is 18.6. The molecule has 2 heterocycles. The lowest BCUT2D eigenvalue weighted by atomic mass is 10.2. The average Bonchev–Trinajstić information content (AvgIpc) is 3.14. The molecule has 0 aliphatic carbocycles. The van der Waals surface area contributed by atoms with Crippen LogP contribution < -0.4 is 10.6 Å². The van der Waals surface area contributed by atoms with Crippen molar-refractivity contribution in [2.24, 2.45) is 0 Å². The van der Waals surface area contributed by atoms with Gasteiger partial charge in [0.15, 0.2) is 5.13 Å². The number of aromatic nitrogens is 2. The van der Waals surface area contributed by atoms with Crippen LogP contribution in [0.2, 0.25) is 0 Å². The van der Waals surface area contributed by atoms with Crippen molar-refractivity contribution in [3.05, 3.63) is 56.2 Å². The minimum absolute atomic E-state index is 0.0572. The first-order chi connectivity index (χ1) is 12.4. The number of nitrogens with one attached hydrogen (secondary N) is 3. The minimum atomic E-state index is -0.332. The summed E-state index contributed by atoms with van der Waals surface area (Å²) in [4.78, 5) is 31.3. The second kappa shape index (κ2) is 8.02. The summed E-state index contributed by atoms with van der Waals surface area (Å²) >= 11 is 7.81. The second-order valence-corrected chi connectivity index (χ2v) is 7.72. The number of aromatic amines is 1. The highest BCUT2D eigenvalue weighted by atomic mass is 79.9. The Balaban J connectivity index is 1.59. The summed E-state index contributed by atoms with van der Waals surface area (Å²) in [5, 5.41) is 16.9. The monoisotopic (exact) mass is 498 g/mol. The molecule has 0 fully saturated rings. The van der Waals surface area contributed by atoms with Crippen molar-refractivity contribution in [2.75, 3.05) is 10.6 Å². The molecule has 2 amide bonds. The molecule has 1 aromatic carbocycles. The van der Waals surface area contributed by atoms with Crippen LogP contribution in [-0.4, -0.2) is 26.9 Å². The number of thiazole rings is 1. The minimum Gasteiger partial charge on any atom is -0.508 e. The summed E-state index contributed by atoms with van der Waals surface area (Å²) in [6, 6.07) is 7.94. The number of aromatic hydroxyl groups is 1. The average molecular weight is 500 g/mol. The second-order valence-electron chi connectivity index (χ2n) is 5.22. The van der Waals surface area contributed by atoms with Gasteiger partial charge in [0.05, 0.1) is 21.2 Å². The molecule has 0 aliphatic heterocycles. The van der Waals surface area contributed by atoms with Crippen molar-refractivity contribution in [3.8, 4) is 5.75 Å². The van der Waals surface area contributed by atoms with Crippen LogP contribution in [0.4, 0.5) is 10.8 Å². The van der Waals surface area contributed by atoms with E-state index in [0.717, 1.165) is 4.47 Å². The first-order valence-corrected chi connectivity index (χ1v) is 9.76. The van der Waals surface area contributed by atoms with E-state index < -0.39 is 0 Å². The zero-order valence-corrected chi connectivity index (χ0v) is 17.0. The van der Waals surface area contributed by atoms with Crippen molar-refractivity contribution >= 4 is 65.8 Å². The summed E-state index contributed by atoms with van der Waals surface area (Å²) in [6.45, 7) is 0. The number of phenolic OH excluding ortho intramolecular Hbond substituents is 1. The molecule has 0 saturated carbocycles. The molecular formula is C16H12Br2N4O3S. The number of carbonyl (C=O) groups excluding carboxylic acids is 2. The number of amides is 2. The molecule has 2 aromatic heterocycles. The lowest BCUT2D eigenvalue weighted by Crippen LogP contribution is -2.15. The first-order valence-electron chi connectivity index (χ1n) is 7.29. The number of hydrogen-bond acceptors (Lipinski definition) is 5. The molecule has 4 N–H and O–H groups in total. The van der Waals surface area contributed by atoms with Gasteiger partial charge in [-0.1, -0.05) is 6.07 Å². The van der Waals surface area contributed by atoms with E-state index in [-0.39, 0.29) is 24.0 Å². The highest BCUT2D eigenvalue weighted by molar-refractivity contribution is 9.13. The molecule has 3 aromatic rings. The van der Waals surface area contributed by atoms with E-state index in [2.05, 4.69) is 52.5 Å². The maximum absolute atomic E-state index is 12.2. The number of benzene rings is 1. The predicted molar refractivity (Wildman–Crippen MR) is 107 cm³/mol. The van der Waals surface area contributed by atoms with Gasteiger partial charge in [0.25, 0.3) is 5.91 Å². The Hall–Kier alpha value is -2.17. The van der Waals surface area contributed by atoms with E-state index >= 15 is 0 Å². The van der Waals surface area contributed by atoms with Gasteiger partial charge in [0.1, 0.15) is 11.4 Å². The summed E-state index contributed by atoms with van der Waals surface area (Å²) < 4.78 is 1.41. The Kier molecular flexibility index (Phi) is 5.74. The molecule has 10 heteroatoms. The molecule has 26 heavy (non-hydrogen) atoms. The topological polar surface area (TPSA) is 107 Å². The summed E-state index contributed by atoms with van der Waals surface area (Å²) in [6.07, 6.45) is 0.0572. The number of H-pyrrole nitrogens is 1. The van der Waals surface area contributed by atoms with E-state index in [0.29, 0.717) is 26.8 Å². The standard InChI is InChI=1S/C16H12Br2N4O3S/c17-11-6-12(21-14(11)18)15(25)22-16-20-9(7-26-16)5-13(24)19-8-2-1-3-10(23)4-8/h1-4,6-7,21,23H,5H2,(H,19,24)(H,20,22,25). The Morgan fingerprint density at radius 2 is 2.04 bits per heavy atom. The summed E-state index contributed by atoms with van der Waals surface area (Å²) in [5.41, 5.74) is 1.42. The number of anilines is 2. The number of carbonyl (C=O) groups is 2. The molecule has 0 unspecified atom stereocenters. The van der Waals surface area contributed by atoms with Crippen molar-refractivity contribution in [2.45, 2.75) is 6.42 Å². The van der Waals surface area contributed by atoms with Gasteiger partial charge in [-0.3, -0.25) is 14.9 Å². The van der Waals surface area contributed by atoms with Crippen LogP contribution in [0.25, 0.3) is 0 Å². The Morgan fingerprint density at radius 3 is 2.73 bits per heavy atom. The fraction of sp³-hybridized carbons (Fsp3) is 0.0625. The fourth-order valence-electron chi connectivity index (χ4n) is 2.09. The molecule has 0 spiro atoms. The third-order valence-corrected chi connectivity index (χ3v) is 5.80. The van der Waals surface area contributed by atoms with Gasteiger partial charge in [-0.2, -0.15) is 0 Å². The summed E-state index contributed by atoms with van der Waals surface area (Å²) in [5.74, 6) is -0.526. The number of nitrogens with zero attached hydrogens (tertiary/aromatic N) is 1. The SMILES string of the molecule is O=C(Cc1csc(NC(=O)c2cc(Br)c(Br)[nH]2)n1)Nc1cccc(O)c1. The Morgan fingerprint density at radius 1 is 1.23 bits per heavy atom. The highest BCUT2D eigenvalue weighted by Crippen LogP contribution is 2.24. The van der Waals surface area contributed by atoms with Crippen LogP contribution in [0.15, 0.2) is 44.8 Å². The molecule has 3 rings (SSSR count). The lowest BCUT2D eigenvalue weighted by molar-refractivity contribution is -0.115. The largest absolute Gasteiger partial charge is 0.508 e. The van der Waals surface area contributed by atoms with Gasteiger partial charge in [0, 0.05) is 17.1 Å². The van der Waals surface area contributed by atoms with Crippen LogP contribution in [0.3, 0.4) is 0 Å². The van der Waals surface area contributed by atoms with Crippen molar-refractivity contribution in [1.29, 1.82) is 0 Å². The van der Waals surface area contributed by atoms with E-state index in [9.17, 15) is 14.7 Å². The van der Waals surface area contributed by atoms with Crippen LogP contribution in [0.5, 0.6) is 5.75 Å². The van der Waals surface area contributed by atoms with Gasteiger partial charge in [-0.05, 0) is 50.1 Å². The molecule has 0 atom stereocenters. The fourth-order valence-corrected chi connectivity index (χ4v) is 3.45. The summed E-state index contributed by atoms with van der Waals surface area (Å²) in [7, 11) is 0. The predicted octanol–water partition coefficient (Wildman–Crippen LogP) is 4.14. The molecular weight excluding hydrogens is 488 g/mol.